The van der Waals surface area contributed by atoms with Gasteiger partial charge in [0.2, 0.25) is 0 Å². The molecule has 2 heterocycles. The molecule has 1 N–H and O–H groups in total. The molecule has 128 valence electrons. The van der Waals surface area contributed by atoms with Gasteiger partial charge >= 0.3 is 0 Å². The van der Waals surface area contributed by atoms with Crippen LogP contribution < -0.4 is 0 Å². The predicted molar refractivity (Wildman–Crippen MR) is 110 cm³/mol. The van der Waals surface area contributed by atoms with E-state index in [1.165, 1.54) is 0 Å². The van der Waals surface area contributed by atoms with Crippen LogP contribution in [0.1, 0.15) is 0 Å². The number of hydrogen-bond acceptors (Lipinski definition) is 2. The Balaban J connectivity index is 1.72. The van der Waals surface area contributed by atoms with E-state index in [1.807, 2.05) is 48.5 Å². The second-order valence-corrected chi connectivity index (χ2v) is 6.46. The largest absolute Gasteiger partial charge is 0.337 e. The number of aromatic nitrogens is 3. The van der Waals surface area contributed by atoms with Gasteiger partial charge < -0.3 is 4.98 Å². The maximum Gasteiger partial charge on any atom is 0.157 e. The van der Waals surface area contributed by atoms with Crippen LogP contribution in [0.4, 0.5) is 0 Å². The van der Waals surface area contributed by atoms with Gasteiger partial charge in [-0.25, -0.2) is 9.97 Å². The number of aromatic amines is 1. The number of pyridine rings is 1. The minimum absolute atomic E-state index is 0.783. The number of rotatable bonds is 3. The van der Waals surface area contributed by atoms with Crippen molar-refractivity contribution in [2.75, 3.05) is 0 Å². The third-order valence-corrected chi connectivity index (χ3v) is 4.63. The van der Waals surface area contributed by atoms with Gasteiger partial charge in [-0.15, -0.1) is 0 Å². The van der Waals surface area contributed by atoms with E-state index in [0.29, 0.717) is 0 Å². The number of fused-ring (bicyclic) bond motifs is 1. The summed E-state index contributed by atoms with van der Waals surface area (Å²) in [7, 11) is 0. The van der Waals surface area contributed by atoms with Crippen LogP contribution in [-0.4, -0.2) is 15.0 Å². The SMILES string of the molecule is c1ccc(-c2cc(-c3ccccc3)nc(-c3nc4ccccc4[nH]3)c2)cc1. The van der Waals surface area contributed by atoms with E-state index in [4.69, 9.17) is 9.97 Å². The number of para-hydroxylation sites is 2. The molecular weight excluding hydrogens is 330 g/mol. The molecule has 0 bridgehead atoms. The third kappa shape index (κ3) is 3.00. The topological polar surface area (TPSA) is 41.6 Å². The van der Waals surface area contributed by atoms with Gasteiger partial charge in [-0.3, -0.25) is 0 Å². The lowest BCUT2D eigenvalue weighted by Crippen LogP contribution is -1.92. The highest BCUT2D eigenvalue weighted by Crippen LogP contribution is 2.29. The summed E-state index contributed by atoms with van der Waals surface area (Å²) in [6.07, 6.45) is 0. The maximum atomic E-state index is 4.90. The standard InChI is InChI=1S/C24H17N3/c1-3-9-17(10-4-1)19-15-22(18-11-5-2-6-12-18)25-23(16-19)24-26-20-13-7-8-14-21(20)27-24/h1-16H,(H,26,27). The van der Waals surface area contributed by atoms with Crippen molar-refractivity contribution in [1.82, 2.24) is 15.0 Å². The lowest BCUT2D eigenvalue weighted by atomic mass is 10.0. The zero-order valence-corrected chi connectivity index (χ0v) is 14.6. The van der Waals surface area contributed by atoms with Crippen molar-refractivity contribution in [2.45, 2.75) is 0 Å². The fraction of sp³-hybridized carbons (Fsp3) is 0. The van der Waals surface area contributed by atoms with Crippen LogP contribution in [0, 0.1) is 0 Å². The Kier molecular flexibility index (Phi) is 3.76. The van der Waals surface area contributed by atoms with Crippen LogP contribution in [0.5, 0.6) is 0 Å². The van der Waals surface area contributed by atoms with Crippen LogP contribution in [0.2, 0.25) is 0 Å². The first-order chi connectivity index (χ1) is 13.4. The molecule has 5 aromatic rings. The average molecular weight is 347 g/mol. The minimum atomic E-state index is 0.783. The zero-order valence-electron chi connectivity index (χ0n) is 14.6. The molecule has 27 heavy (non-hydrogen) atoms. The van der Waals surface area contributed by atoms with E-state index in [9.17, 15) is 0 Å². The Hall–Kier alpha value is -3.72. The summed E-state index contributed by atoms with van der Waals surface area (Å²) in [6, 6.07) is 32.9. The quantitative estimate of drug-likeness (QED) is 0.437. The molecule has 0 aliphatic rings. The van der Waals surface area contributed by atoms with E-state index in [-0.39, 0.29) is 0 Å². The van der Waals surface area contributed by atoms with Crippen LogP contribution in [-0.2, 0) is 0 Å². The van der Waals surface area contributed by atoms with Crippen molar-refractivity contribution >= 4 is 11.0 Å². The van der Waals surface area contributed by atoms with Gasteiger partial charge in [0.15, 0.2) is 5.82 Å². The van der Waals surface area contributed by atoms with Gasteiger partial charge in [-0.1, -0.05) is 72.8 Å². The highest BCUT2D eigenvalue weighted by atomic mass is 14.9. The van der Waals surface area contributed by atoms with Crippen molar-refractivity contribution in [2.24, 2.45) is 0 Å². The number of hydrogen-bond donors (Lipinski definition) is 1. The molecule has 3 heteroatoms. The first-order valence-corrected chi connectivity index (χ1v) is 8.95. The normalized spacial score (nSPS) is 11.0. The van der Waals surface area contributed by atoms with Crippen LogP contribution >= 0.6 is 0 Å². The maximum absolute atomic E-state index is 4.90. The van der Waals surface area contributed by atoms with E-state index in [0.717, 1.165) is 44.9 Å². The molecular formula is C24H17N3. The smallest absolute Gasteiger partial charge is 0.157 e. The second kappa shape index (κ2) is 6.54. The molecule has 0 saturated heterocycles. The van der Waals surface area contributed by atoms with Crippen LogP contribution in [0.25, 0.3) is 44.9 Å². The van der Waals surface area contributed by atoms with Crippen LogP contribution in [0.15, 0.2) is 97.1 Å². The minimum Gasteiger partial charge on any atom is -0.337 e. The van der Waals surface area contributed by atoms with Gasteiger partial charge in [-0.2, -0.15) is 0 Å². The Bertz CT molecular complexity index is 1120. The second-order valence-electron chi connectivity index (χ2n) is 6.46. The molecule has 0 saturated carbocycles. The molecule has 0 aliphatic carbocycles. The van der Waals surface area contributed by atoms with Crippen molar-refractivity contribution in [1.29, 1.82) is 0 Å². The number of benzene rings is 3. The first-order valence-electron chi connectivity index (χ1n) is 8.95. The lowest BCUT2D eigenvalue weighted by molar-refractivity contribution is 1.24. The lowest BCUT2D eigenvalue weighted by Gasteiger charge is -2.08. The van der Waals surface area contributed by atoms with E-state index >= 15 is 0 Å². The van der Waals surface area contributed by atoms with Crippen molar-refractivity contribution in [3.8, 4) is 33.9 Å². The summed E-state index contributed by atoms with van der Waals surface area (Å²) < 4.78 is 0. The molecule has 0 fully saturated rings. The van der Waals surface area contributed by atoms with Gasteiger partial charge in [0.1, 0.15) is 5.69 Å². The average Bonchev–Trinajstić information content (AvgIpc) is 3.19. The fourth-order valence-electron chi connectivity index (χ4n) is 3.28. The Labute approximate surface area is 157 Å². The van der Waals surface area contributed by atoms with E-state index < -0.39 is 0 Å². The van der Waals surface area contributed by atoms with Gasteiger partial charge in [0.05, 0.1) is 16.7 Å². The highest BCUT2D eigenvalue weighted by molar-refractivity contribution is 5.81. The number of nitrogens with one attached hydrogen (secondary N) is 1. The summed E-state index contributed by atoms with van der Waals surface area (Å²) in [5, 5.41) is 0. The molecule has 0 radical (unpaired) electrons. The van der Waals surface area contributed by atoms with E-state index in [2.05, 4.69) is 53.5 Å². The summed E-state index contributed by atoms with van der Waals surface area (Å²) in [5.74, 6) is 0.783. The molecule has 5 rings (SSSR count). The summed E-state index contributed by atoms with van der Waals surface area (Å²) in [5.41, 5.74) is 7.11. The third-order valence-electron chi connectivity index (χ3n) is 4.63. The molecule has 0 atom stereocenters. The predicted octanol–water partition coefficient (Wildman–Crippen LogP) is 5.96. The molecule has 0 unspecified atom stereocenters. The molecule has 0 aliphatic heterocycles. The molecule has 3 nitrogen and oxygen atoms in total. The van der Waals surface area contributed by atoms with Crippen molar-refractivity contribution in [3.05, 3.63) is 97.1 Å². The molecule has 3 aromatic carbocycles. The summed E-state index contributed by atoms with van der Waals surface area (Å²) in [4.78, 5) is 13.0. The van der Waals surface area contributed by atoms with Crippen molar-refractivity contribution < 1.29 is 0 Å². The monoisotopic (exact) mass is 347 g/mol. The number of imidazole rings is 1. The summed E-state index contributed by atoms with van der Waals surface area (Å²) in [6.45, 7) is 0. The fourth-order valence-corrected chi connectivity index (χ4v) is 3.28. The molecule has 0 spiro atoms. The number of nitrogens with zero attached hydrogens (tertiary/aromatic N) is 2. The van der Waals surface area contributed by atoms with Crippen molar-refractivity contribution in [3.63, 3.8) is 0 Å². The van der Waals surface area contributed by atoms with Crippen LogP contribution in [0.3, 0.4) is 0 Å². The van der Waals surface area contributed by atoms with E-state index in [1.54, 1.807) is 0 Å². The van der Waals surface area contributed by atoms with Gasteiger partial charge in [0, 0.05) is 5.56 Å². The van der Waals surface area contributed by atoms with Gasteiger partial charge in [0.25, 0.3) is 0 Å². The summed E-state index contributed by atoms with van der Waals surface area (Å²) >= 11 is 0. The molecule has 0 amide bonds. The first kappa shape index (κ1) is 15.5. The Morgan fingerprint density at radius 3 is 1.89 bits per heavy atom. The Morgan fingerprint density at radius 2 is 1.15 bits per heavy atom. The number of H-pyrrole nitrogens is 1. The molecule has 2 aromatic heterocycles. The highest BCUT2D eigenvalue weighted by Gasteiger charge is 2.11. The van der Waals surface area contributed by atoms with Gasteiger partial charge in [-0.05, 0) is 35.4 Å². The Morgan fingerprint density at radius 1 is 0.519 bits per heavy atom. The zero-order chi connectivity index (χ0) is 18.1.